The quantitative estimate of drug-likeness (QED) is 0.181. The van der Waals surface area contributed by atoms with E-state index in [9.17, 15) is 27.5 Å². The van der Waals surface area contributed by atoms with Crippen molar-refractivity contribution in [2.45, 2.75) is 91.5 Å². The summed E-state index contributed by atoms with van der Waals surface area (Å²) in [6.45, 7) is 10.8. The van der Waals surface area contributed by atoms with Gasteiger partial charge in [-0.2, -0.15) is 13.2 Å². The van der Waals surface area contributed by atoms with Gasteiger partial charge in [0.05, 0.1) is 18.5 Å². The largest absolute Gasteiger partial charge is 0.741 e. The van der Waals surface area contributed by atoms with Crippen molar-refractivity contribution >= 4 is 25.0 Å². The zero-order valence-corrected chi connectivity index (χ0v) is 21.6. The van der Waals surface area contributed by atoms with Gasteiger partial charge in [0.15, 0.2) is 16.0 Å². The molecule has 0 aromatic heterocycles. The second-order valence-electron chi connectivity index (χ2n) is 7.28. The summed E-state index contributed by atoms with van der Waals surface area (Å²) in [4.78, 5) is 18.8. The van der Waals surface area contributed by atoms with Crippen LogP contribution in [0.1, 0.15) is 86.0 Å². The zero-order chi connectivity index (χ0) is 24.5. The Kier molecular flexibility index (Phi) is 20.7. The summed E-state index contributed by atoms with van der Waals surface area (Å²) in [5.74, 6) is 0.194. The highest BCUT2D eigenvalue weighted by molar-refractivity contribution is 7.86. The molecule has 12 heteroatoms. The predicted molar refractivity (Wildman–Crippen MR) is 119 cm³/mol. The van der Waals surface area contributed by atoms with Crippen molar-refractivity contribution in [2.24, 2.45) is 0 Å². The van der Waals surface area contributed by atoms with E-state index in [0.717, 1.165) is 57.0 Å². The third-order valence-corrected chi connectivity index (χ3v) is 12.5. The molecule has 0 aliphatic carbocycles. The molecule has 0 unspecified atom stereocenters. The van der Waals surface area contributed by atoms with E-state index in [-0.39, 0.29) is 5.90 Å². The minimum atomic E-state index is -6.09. The fourth-order valence-electron chi connectivity index (χ4n) is 2.42. The minimum Gasteiger partial charge on any atom is -0.741 e. The highest BCUT2D eigenvalue weighted by Crippen LogP contribution is 2.68. The molecule has 0 aromatic carbocycles. The molecular formula is C18H41F3O6P2S. The summed E-state index contributed by atoms with van der Waals surface area (Å²) >= 11 is 0. The predicted octanol–water partition coefficient (Wildman–Crippen LogP) is 6.40. The Morgan fingerprint density at radius 3 is 1.20 bits per heavy atom. The van der Waals surface area contributed by atoms with Gasteiger partial charge in [-0.25, -0.2) is 8.42 Å². The third kappa shape index (κ3) is 21.5. The van der Waals surface area contributed by atoms with Gasteiger partial charge in [-0.15, -0.1) is 0 Å². The molecule has 0 radical (unpaired) electrons. The normalized spacial score (nSPS) is 12.5. The number of hydrogen-bond donors (Lipinski definition) is 2. The molecule has 0 heterocycles. The molecule has 0 aliphatic heterocycles. The molecule has 0 bridgehead atoms. The highest BCUT2D eigenvalue weighted by atomic mass is 32.2. The van der Waals surface area contributed by atoms with Gasteiger partial charge in [0.1, 0.15) is 0 Å². The lowest BCUT2D eigenvalue weighted by Gasteiger charge is -2.28. The van der Waals surface area contributed by atoms with E-state index in [1.165, 1.54) is 12.8 Å². The van der Waals surface area contributed by atoms with Crippen molar-refractivity contribution in [1.82, 2.24) is 0 Å². The van der Waals surface area contributed by atoms with Gasteiger partial charge in [0, 0.05) is 7.26 Å². The summed E-state index contributed by atoms with van der Waals surface area (Å²) in [5, 5.41) is 0. The lowest BCUT2D eigenvalue weighted by Crippen LogP contribution is -2.21. The lowest BCUT2D eigenvalue weighted by molar-refractivity contribution is -0.0517. The van der Waals surface area contributed by atoms with E-state index < -0.39 is 30.5 Å². The van der Waals surface area contributed by atoms with E-state index in [2.05, 4.69) is 34.6 Å². The topological polar surface area (TPSA) is 115 Å². The monoisotopic (exact) mass is 504 g/mol. The van der Waals surface area contributed by atoms with Crippen LogP contribution in [-0.2, 0) is 14.7 Å². The Labute approximate surface area is 181 Å². The van der Waals surface area contributed by atoms with Crippen LogP contribution in [0.3, 0.4) is 0 Å². The Bertz CT molecular complexity index is 527. The van der Waals surface area contributed by atoms with E-state index in [0.29, 0.717) is 0 Å². The molecule has 0 aliphatic rings. The molecule has 186 valence electrons. The van der Waals surface area contributed by atoms with Crippen molar-refractivity contribution in [2.75, 3.05) is 24.4 Å². The first-order valence-corrected chi connectivity index (χ1v) is 16.2. The number of rotatable bonds is 12. The van der Waals surface area contributed by atoms with E-state index in [4.69, 9.17) is 13.0 Å². The Morgan fingerprint density at radius 1 is 0.800 bits per heavy atom. The molecule has 0 atom stereocenters. The zero-order valence-electron chi connectivity index (χ0n) is 18.9. The first-order chi connectivity index (χ1) is 13.6. The van der Waals surface area contributed by atoms with Crippen LogP contribution in [0.15, 0.2) is 0 Å². The lowest BCUT2D eigenvalue weighted by atomic mass is 10.4. The van der Waals surface area contributed by atoms with Crippen molar-refractivity contribution in [3.8, 4) is 0 Å². The second-order valence-corrected chi connectivity index (χ2v) is 15.1. The molecule has 0 amide bonds. The fraction of sp³-hybridized carbons (Fsp3) is 1.00. The van der Waals surface area contributed by atoms with Crippen LogP contribution in [-0.4, -0.2) is 52.7 Å². The Hall–Kier alpha value is 0.280. The molecule has 0 rings (SSSR count). The molecule has 0 aromatic rings. The van der Waals surface area contributed by atoms with E-state index >= 15 is 0 Å². The molecule has 6 nitrogen and oxygen atoms in total. The molecule has 0 fully saturated rings. The van der Waals surface area contributed by atoms with Gasteiger partial charge in [-0.1, -0.05) is 66.7 Å². The minimum absolute atomic E-state index is 0.194. The van der Waals surface area contributed by atoms with Crippen LogP contribution >= 0.6 is 14.9 Å². The average Bonchev–Trinajstić information content (AvgIpc) is 2.60. The summed E-state index contributed by atoms with van der Waals surface area (Å²) < 4.78 is 70.4. The van der Waals surface area contributed by atoms with Gasteiger partial charge < -0.3 is 14.3 Å². The van der Waals surface area contributed by atoms with Crippen LogP contribution in [0.5, 0.6) is 0 Å². The maximum atomic E-state index is 11.5. The third-order valence-electron chi connectivity index (χ3n) is 4.23. The van der Waals surface area contributed by atoms with Gasteiger partial charge in [0.2, 0.25) is 0 Å². The Morgan fingerprint density at radius 2 is 1.07 bits per heavy atom. The second kappa shape index (κ2) is 17.8. The SMILES string of the molecule is CCCC.CCCC[P+](CCCC)(CCCC)CP(=O)(O)O.O=S(=O)([O-])C(F)(F)F. The molecule has 2 N–H and O–H groups in total. The molecular weight excluding hydrogens is 463 g/mol. The van der Waals surface area contributed by atoms with Crippen LogP contribution in [0.25, 0.3) is 0 Å². The molecule has 0 saturated carbocycles. The average molecular weight is 505 g/mol. The summed E-state index contributed by atoms with van der Waals surface area (Å²) in [5.41, 5.74) is -5.65. The number of alkyl halides is 3. The fourth-order valence-corrected chi connectivity index (χ4v) is 10.9. The Balaban J connectivity index is -0.000000500. The molecule has 30 heavy (non-hydrogen) atoms. The number of unbranched alkanes of at least 4 members (excludes halogenated alkanes) is 4. The van der Waals surface area contributed by atoms with Gasteiger partial charge in [-0.3, -0.25) is 4.57 Å². The van der Waals surface area contributed by atoms with Crippen LogP contribution in [0.4, 0.5) is 13.2 Å². The van der Waals surface area contributed by atoms with Crippen LogP contribution in [0, 0.1) is 0 Å². The van der Waals surface area contributed by atoms with Crippen molar-refractivity contribution in [3.05, 3.63) is 0 Å². The summed E-state index contributed by atoms with van der Waals surface area (Å²) in [7, 11) is -11.4. The van der Waals surface area contributed by atoms with Gasteiger partial charge in [-0.05, 0) is 19.3 Å². The van der Waals surface area contributed by atoms with Crippen LogP contribution < -0.4 is 0 Å². The standard InChI is InChI=1S/C13H30O3P2.C4H10.CHF3O3S/c1-4-7-10-17(11-8-5-2,12-9-6-3)13-18(14,15)16;1-3-4-2;2-1(3,4)8(5,6)7/h4-13H2,1-3H3,(H-,14,15,16);3-4H2,1-2H3;(H,5,6,7). The van der Waals surface area contributed by atoms with Crippen molar-refractivity contribution in [1.29, 1.82) is 0 Å². The van der Waals surface area contributed by atoms with Crippen LogP contribution in [0.2, 0.25) is 0 Å². The molecule has 0 spiro atoms. The van der Waals surface area contributed by atoms with Gasteiger partial charge >= 0.3 is 13.1 Å². The smallest absolute Gasteiger partial charge is 0.485 e. The first-order valence-electron chi connectivity index (χ1n) is 10.5. The maximum Gasteiger partial charge on any atom is 0.485 e. The highest BCUT2D eigenvalue weighted by Gasteiger charge is 2.41. The number of hydrogen-bond acceptors (Lipinski definition) is 4. The first kappa shape index (κ1) is 34.9. The van der Waals surface area contributed by atoms with E-state index in [1.54, 1.807) is 0 Å². The molecule has 0 saturated heterocycles. The summed E-state index contributed by atoms with van der Waals surface area (Å²) in [6, 6.07) is 0. The maximum absolute atomic E-state index is 11.5. The van der Waals surface area contributed by atoms with Crippen molar-refractivity contribution < 1.29 is 40.5 Å². The van der Waals surface area contributed by atoms with Gasteiger partial charge in [0.25, 0.3) is 0 Å². The number of halogens is 3. The summed E-state index contributed by atoms with van der Waals surface area (Å²) in [6.07, 6.45) is 12.6. The van der Waals surface area contributed by atoms with Crippen molar-refractivity contribution in [3.63, 3.8) is 0 Å². The van der Waals surface area contributed by atoms with E-state index in [1.807, 2.05) is 0 Å².